The van der Waals surface area contributed by atoms with E-state index < -0.39 is 0 Å². The number of allylic oxidation sites excluding steroid dienone is 1. The summed E-state index contributed by atoms with van der Waals surface area (Å²) >= 11 is 0. The predicted octanol–water partition coefficient (Wildman–Crippen LogP) is 2.91. The molecule has 0 fully saturated rings. The minimum Gasteiger partial charge on any atom is -0.257 e. The van der Waals surface area contributed by atoms with E-state index in [1.807, 2.05) is 13.0 Å². The summed E-state index contributed by atoms with van der Waals surface area (Å²) in [5, 5.41) is 0. The van der Waals surface area contributed by atoms with E-state index in [4.69, 9.17) is 0 Å². The van der Waals surface area contributed by atoms with Crippen LogP contribution >= 0.6 is 0 Å². The molecule has 1 aromatic rings. The third-order valence-corrected chi connectivity index (χ3v) is 3.01. The molecule has 0 spiro atoms. The molecule has 0 saturated carbocycles. The fraction of sp³-hybridized carbons (Fsp3) is 0.333. The van der Waals surface area contributed by atoms with Crippen LogP contribution in [0.25, 0.3) is 5.70 Å². The van der Waals surface area contributed by atoms with Gasteiger partial charge >= 0.3 is 0 Å². The van der Waals surface area contributed by atoms with Gasteiger partial charge in [-0.05, 0) is 30.7 Å². The summed E-state index contributed by atoms with van der Waals surface area (Å²) in [5.41, 5.74) is 4.56. The Morgan fingerprint density at radius 2 is 1.64 bits per heavy atom. The monoisotopic (exact) mass is 192 g/mol. The van der Waals surface area contributed by atoms with Gasteiger partial charge in [0.05, 0.1) is 14.1 Å². The van der Waals surface area contributed by atoms with Crippen LogP contribution in [-0.2, 0) is 0 Å². The normalized spacial score (nSPS) is 18.6. The van der Waals surface area contributed by atoms with Crippen molar-refractivity contribution in [3.63, 3.8) is 0 Å². The number of benzene rings is 1. The maximum absolute atomic E-state index is 13.2. The van der Waals surface area contributed by atoms with E-state index in [1.165, 1.54) is 11.4 Å². The molecule has 0 atom stereocenters. The second-order valence-corrected chi connectivity index (χ2v) is 4.40. The van der Waals surface area contributed by atoms with E-state index in [1.54, 1.807) is 12.1 Å². The van der Waals surface area contributed by atoms with Gasteiger partial charge in [0.15, 0.2) is 5.70 Å². The zero-order valence-electron chi connectivity index (χ0n) is 9.06. The Morgan fingerprint density at radius 1 is 1.07 bits per heavy atom. The first-order valence-corrected chi connectivity index (χ1v) is 4.76. The lowest BCUT2D eigenvalue weighted by atomic mass is 10.1. The van der Waals surface area contributed by atoms with Crippen molar-refractivity contribution in [3.8, 4) is 0 Å². The minimum atomic E-state index is -0.146. The van der Waals surface area contributed by atoms with Crippen LogP contribution in [0.3, 0.4) is 0 Å². The van der Waals surface area contributed by atoms with Gasteiger partial charge in [0.1, 0.15) is 5.82 Å². The molecule has 0 N–H and O–H groups in total. The van der Waals surface area contributed by atoms with Crippen molar-refractivity contribution in [2.24, 2.45) is 0 Å². The molecule has 0 radical (unpaired) electrons. The first-order valence-electron chi connectivity index (χ1n) is 4.76. The molecule has 1 aromatic carbocycles. The van der Waals surface area contributed by atoms with Crippen LogP contribution in [0, 0.1) is 12.7 Å². The Labute approximate surface area is 84.1 Å². The van der Waals surface area contributed by atoms with Crippen molar-refractivity contribution in [2.75, 3.05) is 14.1 Å². The van der Waals surface area contributed by atoms with Gasteiger partial charge < -0.3 is 0 Å². The Kier molecular flexibility index (Phi) is 1.80. The van der Waals surface area contributed by atoms with Gasteiger partial charge in [-0.3, -0.25) is 4.48 Å². The second-order valence-electron chi connectivity index (χ2n) is 4.40. The summed E-state index contributed by atoms with van der Waals surface area (Å²) < 4.78 is 14.0. The van der Waals surface area contributed by atoms with Crippen LogP contribution in [-0.4, -0.2) is 18.6 Å². The first-order chi connectivity index (χ1) is 6.43. The van der Waals surface area contributed by atoms with E-state index in [0.717, 1.165) is 15.6 Å². The maximum atomic E-state index is 13.2. The van der Waals surface area contributed by atoms with Crippen LogP contribution < -0.4 is 0 Å². The molecule has 0 amide bonds. The summed E-state index contributed by atoms with van der Waals surface area (Å²) in [4.78, 5) is 0. The molecule has 1 nitrogen and oxygen atoms in total. The molecule has 1 aliphatic heterocycles. The molecular formula is C12H15FN+. The van der Waals surface area contributed by atoms with E-state index in [-0.39, 0.29) is 5.82 Å². The van der Waals surface area contributed by atoms with Crippen molar-refractivity contribution in [2.45, 2.75) is 13.8 Å². The second kappa shape index (κ2) is 2.67. The van der Waals surface area contributed by atoms with E-state index in [2.05, 4.69) is 21.0 Å². The molecule has 0 aromatic heterocycles. The lowest BCUT2D eigenvalue weighted by Crippen LogP contribution is -2.15. The fourth-order valence-corrected chi connectivity index (χ4v) is 1.98. The van der Waals surface area contributed by atoms with Crippen LogP contribution in [0.1, 0.15) is 18.1 Å². The number of halogens is 1. The molecule has 14 heavy (non-hydrogen) atoms. The number of rotatable bonds is 1. The van der Waals surface area contributed by atoms with Crippen molar-refractivity contribution in [1.82, 2.24) is 0 Å². The van der Waals surface area contributed by atoms with Gasteiger partial charge in [-0.25, -0.2) is 4.39 Å². The van der Waals surface area contributed by atoms with Gasteiger partial charge in [0, 0.05) is 12.5 Å². The number of quaternary nitrogens is 1. The fourth-order valence-electron chi connectivity index (χ4n) is 1.98. The molecule has 0 saturated heterocycles. The van der Waals surface area contributed by atoms with Crippen LogP contribution in [0.2, 0.25) is 0 Å². The van der Waals surface area contributed by atoms with E-state index in [0.29, 0.717) is 0 Å². The lowest BCUT2D eigenvalue weighted by Gasteiger charge is -2.07. The average Bonchev–Trinajstić information content (AvgIpc) is 2.48. The van der Waals surface area contributed by atoms with Crippen LogP contribution in [0.5, 0.6) is 0 Å². The zero-order valence-corrected chi connectivity index (χ0v) is 9.06. The van der Waals surface area contributed by atoms with Crippen LogP contribution in [0.4, 0.5) is 4.39 Å². The lowest BCUT2D eigenvalue weighted by molar-refractivity contribution is -0.716. The molecule has 0 aliphatic carbocycles. The molecular weight excluding hydrogens is 177 g/mol. The molecule has 0 bridgehead atoms. The highest BCUT2D eigenvalue weighted by Gasteiger charge is 2.46. The molecule has 1 heterocycles. The van der Waals surface area contributed by atoms with Crippen LogP contribution in [0.15, 0.2) is 23.9 Å². The molecule has 0 unspecified atom stereocenters. The Balaban J connectivity index is 2.45. The molecule has 74 valence electrons. The summed E-state index contributed by atoms with van der Waals surface area (Å²) in [6, 6.07) is 5.20. The number of hydrogen-bond donors (Lipinski definition) is 0. The Morgan fingerprint density at radius 3 is 2.07 bits per heavy atom. The smallest absolute Gasteiger partial charge is 0.201 e. The minimum absolute atomic E-state index is 0.146. The van der Waals surface area contributed by atoms with Gasteiger partial charge in [0.2, 0.25) is 5.70 Å². The highest BCUT2D eigenvalue weighted by atomic mass is 19.1. The Bertz CT molecular complexity index is 410. The average molecular weight is 192 g/mol. The summed E-state index contributed by atoms with van der Waals surface area (Å²) in [5.74, 6) is -0.146. The summed E-state index contributed by atoms with van der Waals surface area (Å²) in [6.07, 6.45) is 0. The largest absolute Gasteiger partial charge is 0.257 e. The maximum Gasteiger partial charge on any atom is 0.201 e. The number of nitrogens with zero attached hydrogens (tertiary/aromatic N) is 1. The standard InChI is InChI=1S/C12H15FN/c1-8-5-10(7-11(13)6-8)12-9(2)14(12,3)4/h5-7H,1-4H3/q+1. The van der Waals surface area contributed by atoms with Gasteiger partial charge in [0.25, 0.3) is 0 Å². The molecule has 1 aliphatic rings. The van der Waals surface area contributed by atoms with Crippen molar-refractivity contribution in [1.29, 1.82) is 0 Å². The SMILES string of the molecule is CC1=C(c2cc(C)cc(F)c2)[N+]1(C)C. The predicted molar refractivity (Wildman–Crippen MR) is 55.8 cm³/mol. The highest BCUT2D eigenvalue weighted by Crippen LogP contribution is 2.45. The van der Waals surface area contributed by atoms with Gasteiger partial charge in [-0.1, -0.05) is 0 Å². The van der Waals surface area contributed by atoms with Gasteiger partial charge in [-0.15, -0.1) is 0 Å². The quantitative estimate of drug-likeness (QED) is 0.600. The molecule has 2 heteroatoms. The highest BCUT2D eigenvalue weighted by molar-refractivity contribution is 5.70. The van der Waals surface area contributed by atoms with E-state index in [9.17, 15) is 4.39 Å². The summed E-state index contributed by atoms with van der Waals surface area (Å²) in [7, 11) is 4.23. The third-order valence-electron chi connectivity index (χ3n) is 3.01. The summed E-state index contributed by atoms with van der Waals surface area (Å²) in [6.45, 7) is 4.01. The number of hydrogen-bond acceptors (Lipinski definition) is 0. The zero-order chi connectivity index (χ0) is 10.5. The van der Waals surface area contributed by atoms with Gasteiger partial charge in [-0.2, -0.15) is 0 Å². The third kappa shape index (κ3) is 1.26. The van der Waals surface area contributed by atoms with Crippen molar-refractivity contribution < 1.29 is 8.87 Å². The van der Waals surface area contributed by atoms with Crippen molar-refractivity contribution in [3.05, 3.63) is 40.8 Å². The first kappa shape index (κ1) is 9.41. The van der Waals surface area contributed by atoms with E-state index >= 15 is 0 Å². The number of aryl methyl sites for hydroxylation is 1. The molecule has 2 rings (SSSR count). The van der Waals surface area contributed by atoms with Crippen molar-refractivity contribution >= 4 is 5.70 Å². The Hall–Kier alpha value is -1.15. The topological polar surface area (TPSA) is 0 Å².